The number of fused-ring (bicyclic) bond motifs is 1. The second-order valence-corrected chi connectivity index (χ2v) is 6.08. The molecule has 8 heteroatoms. The fourth-order valence-electron chi connectivity index (χ4n) is 2.69. The Bertz CT molecular complexity index is 1190. The van der Waals surface area contributed by atoms with Crippen LogP contribution in [0.25, 0.3) is 22.1 Å². The highest BCUT2D eigenvalue weighted by Gasteiger charge is 2.16. The van der Waals surface area contributed by atoms with Gasteiger partial charge in [0.25, 0.3) is 0 Å². The molecule has 0 radical (unpaired) electrons. The van der Waals surface area contributed by atoms with E-state index in [0.29, 0.717) is 5.56 Å². The first-order valence-electron chi connectivity index (χ1n) is 8.50. The lowest BCUT2D eigenvalue weighted by Gasteiger charge is -2.11. The lowest BCUT2D eigenvalue weighted by molar-refractivity contribution is -0.134. The predicted molar refractivity (Wildman–Crippen MR) is 102 cm³/mol. The van der Waals surface area contributed by atoms with E-state index in [1.54, 1.807) is 0 Å². The van der Waals surface area contributed by atoms with Crippen molar-refractivity contribution in [1.29, 1.82) is 0 Å². The van der Waals surface area contributed by atoms with Crippen LogP contribution in [0.2, 0.25) is 0 Å². The average Bonchev–Trinajstić information content (AvgIpc) is 2.62. The average molecular weight is 396 g/mol. The van der Waals surface area contributed by atoms with Gasteiger partial charge < -0.3 is 18.6 Å². The number of carbonyl (C=O) groups excluding carboxylic acids is 3. The van der Waals surface area contributed by atoms with Gasteiger partial charge in [-0.05, 0) is 29.8 Å². The molecule has 1 heterocycles. The molecule has 0 aliphatic heterocycles. The summed E-state index contributed by atoms with van der Waals surface area (Å²) in [6.07, 6.45) is 1.25. The summed E-state index contributed by atoms with van der Waals surface area (Å²) in [7, 11) is 0. The van der Waals surface area contributed by atoms with Gasteiger partial charge in [-0.1, -0.05) is 6.07 Å². The largest absolute Gasteiger partial charge is 0.463 e. The zero-order chi connectivity index (χ0) is 21.1. The third-order valence-electron chi connectivity index (χ3n) is 3.77. The summed E-state index contributed by atoms with van der Waals surface area (Å²) in [4.78, 5) is 46.6. The van der Waals surface area contributed by atoms with Gasteiger partial charge in [-0.15, -0.1) is 0 Å². The highest BCUT2D eigenvalue weighted by Crippen LogP contribution is 2.33. The molecular formula is C21H16O8. The monoisotopic (exact) mass is 396 g/mol. The summed E-state index contributed by atoms with van der Waals surface area (Å²) in [6, 6.07) is 8.78. The second-order valence-electron chi connectivity index (χ2n) is 6.08. The highest BCUT2D eigenvalue weighted by atomic mass is 16.6. The molecule has 8 nitrogen and oxygen atoms in total. The molecule has 0 spiro atoms. The van der Waals surface area contributed by atoms with Crippen LogP contribution in [0.1, 0.15) is 20.8 Å². The third-order valence-corrected chi connectivity index (χ3v) is 3.77. The molecule has 3 rings (SSSR count). The van der Waals surface area contributed by atoms with Crippen LogP contribution in [0, 0.1) is 0 Å². The van der Waals surface area contributed by atoms with Gasteiger partial charge in [-0.25, -0.2) is 0 Å². The summed E-state index contributed by atoms with van der Waals surface area (Å²) in [5.74, 6) is -1.39. The number of ether oxygens (including phenoxy) is 3. The first-order chi connectivity index (χ1) is 13.7. The van der Waals surface area contributed by atoms with E-state index in [4.69, 9.17) is 18.6 Å². The van der Waals surface area contributed by atoms with Crippen LogP contribution in [0.15, 0.2) is 51.9 Å². The molecule has 0 amide bonds. The fraction of sp³-hybridized carbons (Fsp3) is 0.143. The molecule has 0 atom stereocenters. The maximum atomic E-state index is 12.9. The van der Waals surface area contributed by atoms with Crippen molar-refractivity contribution in [3.05, 3.63) is 52.9 Å². The van der Waals surface area contributed by atoms with Crippen molar-refractivity contribution >= 4 is 28.9 Å². The highest BCUT2D eigenvalue weighted by molar-refractivity contribution is 5.84. The molecule has 1 aromatic heterocycles. The van der Waals surface area contributed by atoms with Gasteiger partial charge in [0.1, 0.15) is 17.6 Å². The van der Waals surface area contributed by atoms with E-state index in [-0.39, 0.29) is 39.2 Å². The Kier molecular flexibility index (Phi) is 5.45. The van der Waals surface area contributed by atoms with E-state index in [2.05, 4.69) is 0 Å². The quantitative estimate of drug-likeness (QED) is 0.488. The Morgan fingerprint density at radius 1 is 0.793 bits per heavy atom. The molecule has 0 saturated heterocycles. The van der Waals surface area contributed by atoms with Crippen molar-refractivity contribution < 1.29 is 33.0 Å². The van der Waals surface area contributed by atoms with Crippen molar-refractivity contribution in [3.63, 3.8) is 0 Å². The molecule has 0 N–H and O–H groups in total. The van der Waals surface area contributed by atoms with E-state index in [1.165, 1.54) is 63.4 Å². The van der Waals surface area contributed by atoms with Crippen LogP contribution in [-0.2, 0) is 14.4 Å². The van der Waals surface area contributed by atoms with Crippen LogP contribution in [0.5, 0.6) is 17.2 Å². The minimum Gasteiger partial charge on any atom is -0.463 e. The first kappa shape index (κ1) is 19.8. The summed E-state index contributed by atoms with van der Waals surface area (Å²) >= 11 is 0. The lowest BCUT2D eigenvalue weighted by atomic mass is 10.0. The topological polar surface area (TPSA) is 109 Å². The van der Waals surface area contributed by atoms with Crippen molar-refractivity contribution in [3.8, 4) is 28.4 Å². The SMILES string of the molecule is CC(=O)Oc1ccc2c(=O)c(-c3ccc(OC(C)=O)c(OC(C)=O)c3)coc2c1. The minimum atomic E-state index is -0.612. The number of hydrogen-bond acceptors (Lipinski definition) is 8. The van der Waals surface area contributed by atoms with E-state index in [9.17, 15) is 19.2 Å². The molecule has 2 aromatic carbocycles. The summed E-state index contributed by atoms with van der Waals surface area (Å²) in [5, 5.41) is 0.275. The molecule has 0 unspecified atom stereocenters. The fourth-order valence-corrected chi connectivity index (χ4v) is 2.69. The molecule has 0 aliphatic carbocycles. The van der Waals surface area contributed by atoms with Gasteiger partial charge in [0, 0.05) is 26.8 Å². The minimum absolute atomic E-state index is 0.00472. The summed E-state index contributed by atoms with van der Waals surface area (Å²) in [6.45, 7) is 3.69. The smallest absolute Gasteiger partial charge is 0.308 e. The number of rotatable bonds is 4. The number of carbonyl (C=O) groups is 3. The Morgan fingerprint density at radius 2 is 1.45 bits per heavy atom. The Morgan fingerprint density at radius 3 is 2.10 bits per heavy atom. The van der Waals surface area contributed by atoms with Crippen LogP contribution in [0.3, 0.4) is 0 Å². The molecule has 0 bridgehead atoms. The number of hydrogen-bond donors (Lipinski definition) is 0. The van der Waals surface area contributed by atoms with Gasteiger partial charge in [-0.3, -0.25) is 19.2 Å². The zero-order valence-corrected chi connectivity index (χ0v) is 15.8. The van der Waals surface area contributed by atoms with Crippen LogP contribution in [-0.4, -0.2) is 17.9 Å². The number of esters is 3. The standard InChI is InChI=1S/C21H16O8/c1-11(22)27-15-5-6-16-19(9-15)26-10-17(21(16)25)14-4-7-18(28-12(2)23)20(8-14)29-13(3)24/h4-10H,1-3H3. The van der Waals surface area contributed by atoms with Crippen molar-refractivity contribution in [2.24, 2.45) is 0 Å². The van der Waals surface area contributed by atoms with Crippen molar-refractivity contribution in [1.82, 2.24) is 0 Å². The van der Waals surface area contributed by atoms with E-state index in [0.717, 1.165) is 0 Å². The molecule has 29 heavy (non-hydrogen) atoms. The van der Waals surface area contributed by atoms with Crippen LogP contribution < -0.4 is 19.6 Å². The Balaban J connectivity index is 2.08. The molecule has 0 aliphatic rings. The second kappa shape index (κ2) is 7.97. The maximum absolute atomic E-state index is 12.9. The molecule has 0 saturated carbocycles. The van der Waals surface area contributed by atoms with Gasteiger partial charge in [-0.2, -0.15) is 0 Å². The van der Waals surface area contributed by atoms with Gasteiger partial charge in [0.2, 0.25) is 0 Å². The van der Waals surface area contributed by atoms with E-state index in [1.807, 2.05) is 0 Å². The predicted octanol–water partition coefficient (Wildman–Crippen LogP) is 3.24. The number of benzene rings is 2. The van der Waals surface area contributed by atoms with E-state index < -0.39 is 17.9 Å². The van der Waals surface area contributed by atoms with Gasteiger partial charge in [0.15, 0.2) is 16.9 Å². The van der Waals surface area contributed by atoms with Crippen LogP contribution in [0.4, 0.5) is 0 Å². The molecular weight excluding hydrogens is 380 g/mol. The van der Waals surface area contributed by atoms with E-state index >= 15 is 0 Å². The summed E-state index contributed by atoms with van der Waals surface area (Å²) in [5.41, 5.74) is 0.515. The van der Waals surface area contributed by atoms with Crippen LogP contribution >= 0.6 is 0 Å². The van der Waals surface area contributed by atoms with Gasteiger partial charge in [0.05, 0.1) is 10.9 Å². The Hall–Kier alpha value is -3.94. The molecule has 0 fully saturated rings. The normalized spacial score (nSPS) is 10.4. The lowest BCUT2D eigenvalue weighted by Crippen LogP contribution is -2.09. The van der Waals surface area contributed by atoms with Crippen molar-refractivity contribution in [2.45, 2.75) is 20.8 Å². The summed E-state index contributed by atoms with van der Waals surface area (Å²) < 4.78 is 20.6. The zero-order valence-electron chi connectivity index (χ0n) is 15.8. The molecule has 148 valence electrons. The molecule has 3 aromatic rings. The maximum Gasteiger partial charge on any atom is 0.308 e. The van der Waals surface area contributed by atoms with Gasteiger partial charge >= 0.3 is 17.9 Å². The van der Waals surface area contributed by atoms with Crippen molar-refractivity contribution in [2.75, 3.05) is 0 Å². The first-order valence-corrected chi connectivity index (χ1v) is 8.50. The third kappa shape index (κ3) is 4.49. The Labute approximate surface area is 164 Å².